The molecule has 0 radical (unpaired) electrons. The normalized spacial score (nSPS) is 12.1. The van der Waals surface area contributed by atoms with E-state index in [0.717, 1.165) is 5.69 Å². The summed E-state index contributed by atoms with van der Waals surface area (Å²) in [4.78, 5) is 0.518. The molecule has 0 amide bonds. The first-order valence-electron chi connectivity index (χ1n) is 3.94. The Morgan fingerprint density at radius 2 is 2.29 bits per heavy atom. The highest BCUT2D eigenvalue weighted by molar-refractivity contribution is 7.81. The third kappa shape index (κ3) is 2.83. The molecular weight excluding hydrogens is 222 g/mol. The number of hydrogen-bond donors (Lipinski definition) is 1. The van der Waals surface area contributed by atoms with Crippen molar-refractivity contribution < 1.29 is 7.94 Å². The van der Waals surface area contributed by atoms with Crippen molar-refractivity contribution in [1.29, 1.82) is 0 Å². The summed E-state index contributed by atoms with van der Waals surface area (Å²) in [6.07, 6.45) is 1.71. The van der Waals surface area contributed by atoms with Gasteiger partial charge in [-0.3, -0.25) is 0 Å². The molecule has 1 N–H and O–H groups in total. The molecule has 76 valence electrons. The average Bonchev–Trinajstić information content (AvgIpc) is 2.25. The first-order chi connectivity index (χ1) is 6.79. The summed E-state index contributed by atoms with van der Waals surface area (Å²) in [7, 11) is 0. The lowest BCUT2D eigenvalue weighted by Gasteiger charge is -2.07. The third-order valence-electron chi connectivity index (χ3n) is 1.56. The van der Waals surface area contributed by atoms with E-state index in [1.54, 1.807) is 24.3 Å². The van der Waals surface area contributed by atoms with Gasteiger partial charge in [0.1, 0.15) is 0 Å². The minimum absolute atomic E-state index is 0.518. The molecule has 3 nitrogen and oxygen atoms in total. The maximum absolute atomic E-state index is 11.3. The second-order valence-corrected chi connectivity index (χ2v) is 3.88. The van der Waals surface area contributed by atoms with Crippen LogP contribution in [0.25, 0.3) is 0 Å². The van der Waals surface area contributed by atoms with Crippen LogP contribution in [0.4, 0.5) is 5.69 Å². The maximum Gasteiger partial charge on any atom is 0.208 e. The highest BCUT2D eigenvalue weighted by Gasteiger charge is 2.08. The molecule has 0 heterocycles. The molecule has 1 atom stereocenters. The Morgan fingerprint density at radius 1 is 1.57 bits per heavy atom. The molecule has 0 aliphatic carbocycles. The number of hydrogen-bond acceptors (Lipinski definition) is 3. The second-order valence-electron chi connectivity index (χ2n) is 2.46. The maximum atomic E-state index is 11.3. The highest BCUT2D eigenvalue weighted by atomic mass is 35.5. The molecule has 5 heteroatoms. The Bertz CT molecular complexity index is 343. The first-order valence-corrected chi connectivity index (χ1v) is 5.32. The van der Waals surface area contributed by atoms with E-state index in [0.29, 0.717) is 11.4 Å². The van der Waals surface area contributed by atoms with E-state index in [9.17, 15) is 4.21 Å². The van der Waals surface area contributed by atoms with Crippen LogP contribution in [-0.2, 0) is 14.8 Å². The Balaban J connectivity index is 2.90. The largest absolute Gasteiger partial charge is 0.381 e. The molecule has 1 unspecified atom stereocenters. The van der Waals surface area contributed by atoms with E-state index >= 15 is 0 Å². The van der Waals surface area contributed by atoms with Crippen LogP contribution in [0.1, 0.15) is 0 Å². The summed E-state index contributed by atoms with van der Waals surface area (Å²) < 4.78 is 15.5. The van der Waals surface area contributed by atoms with Crippen LogP contribution in [-0.4, -0.2) is 10.8 Å². The molecule has 0 aromatic heterocycles. The number of para-hydroxylation sites is 1. The van der Waals surface area contributed by atoms with Gasteiger partial charge in [0, 0.05) is 6.54 Å². The van der Waals surface area contributed by atoms with Crippen molar-refractivity contribution in [2.24, 2.45) is 0 Å². The van der Waals surface area contributed by atoms with Gasteiger partial charge in [-0.05, 0) is 12.1 Å². The Hall–Kier alpha value is -0.840. The van der Waals surface area contributed by atoms with E-state index in [1.807, 2.05) is 6.07 Å². The standard InChI is InChI=1S/C9H10ClNO2S/c1-2-7-11-8-5-3-4-6-9(8)14(12)13-10/h2-6,11H,1,7H2. The molecule has 0 saturated carbocycles. The van der Waals surface area contributed by atoms with Gasteiger partial charge in [-0.25, -0.2) is 4.21 Å². The van der Waals surface area contributed by atoms with Crippen molar-refractivity contribution >= 4 is 28.6 Å². The van der Waals surface area contributed by atoms with Crippen LogP contribution in [0.5, 0.6) is 0 Å². The van der Waals surface area contributed by atoms with Crippen LogP contribution in [0, 0.1) is 0 Å². The zero-order chi connectivity index (χ0) is 10.4. The lowest BCUT2D eigenvalue weighted by Crippen LogP contribution is -2.02. The minimum atomic E-state index is -1.64. The predicted molar refractivity (Wildman–Crippen MR) is 58.5 cm³/mol. The van der Waals surface area contributed by atoms with Gasteiger partial charge in [-0.15, -0.1) is 6.58 Å². The molecule has 0 aliphatic rings. The van der Waals surface area contributed by atoms with Crippen LogP contribution in [0.2, 0.25) is 0 Å². The second kappa shape index (κ2) is 5.80. The summed E-state index contributed by atoms with van der Waals surface area (Å²) in [5.74, 6) is 0. The SMILES string of the molecule is C=CCNc1ccccc1S(=O)OCl. The van der Waals surface area contributed by atoms with Crippen molar-refractivity contribution in [1.82, 2.24) is 0 Å². The van der Waals surface area contributed by atoms with Gasteiger partial charge in [0.15, 0.2) is 0 Å². The van der Waals surface area contributed by atoms with Crippen LogP contribution >= 0.6 is 11.9 Å². The summed E-state index contributed by atoms with van der Waals surface area (Å²) in [6.45, 7) is 4.17. The van der Waals surface area contributed by atoms with Crippen molar-refractivity contribution in [2.75, 3.05) is 11.9 Å². The first kappa shape index (κ1) is 11.2. The van der Waals surface area contributed by atoms with E-state index in [4.69, 9.17) is 11.9 Å². The van der Waals surface area contributed by atoms with Gasteiger partial charge < -0.3 is 5.32 Å². The highest BCUT2D eigenvalue weighted by Crippen LogP contribution is 2.20. The van der Waals surface area contributed by atoms with Crippen LogP contribution in [0.3, 0.4) is 0 Å². The minimum Gasteiger partial charge on any atom is -0.381 e. The van der Waals surface area contributed by atoms with Gasteiger partial charge in [-0.2, -0.15) is 3.74 Å². The summed E-state index contributed by atoms with van der Waals surface area (Å²) in [6, 6.07) is 7.08. The predicted octanol–water partition coefficient (Wildman–Crippen LogP) is 2.48. The molecule has 1 rings (SSSR count). The van der Waals surface area contributed by atoms with Crippen LogP contribution < -0.4 is 5.32 Å². The number of halogens is 1. The molecule has 0 bridgehead atoms. The molecular formula is C9H10ClNO2S. The van der Waals surface area contributed by atoms with Gasteiger partial charge in [0.2, 0.25) is 11.1 Å². The smallest absolute Gasteiger partial charge is 0.208 e. The van der Waals surface area contributed by atoms with Gasteiger partial charge in [0.05, 0.1) is 22.4 Å². The third-order valence-corrected chi connectivity index (χ3v) is 2.73. The van der Waals surface area contributed by atoms with E-state index in [2.05, 4.69) is 15.6 Å². The number of rotatable bonds is 5. The molecule has 0 aliphatic heterocycles. The lowest BCUT2D eigenvalue weighted by molar-refractivity contribution is 0.598. The van der Waals surface area contributed by atoms with Crippen molar-refractivity contribution in [3.8, 4) is 0 Å². The molecule has 0 fully saturated rings. The van der Waals surface area contributed by atoms with Crippen molar-refractivity contribution in [2.45, 2.75) is 4.90 Å². The summed E-state index contributed by atoms with van der Waals surface area (Å²) >= 11 is 3.41. The summed E-state index contributed by atoms with van der Waals surface area (Å²) in [5.41, 5.74) is 0.728. The zero-order valence-corrected chi connectivity index (χ0v) is 8.98. The van der Waals surface area contributed by atoms with E-state index in [1.165, 1.54) is 0 Å². The van der Waals surface area contributed by atoms with Gasteiger partial charge in [0.25, 0.3) is 0 Å². The average molecular weight is 232 g/mol. The van der Waals surface area contributed by atoms with Gasteiger partial charge >= 0.3 is 0 Å². The number of anilines is 1. The Kier molecular flexibility index (Phi) is 4.65. The van der Waals surface area contributed by atoms with E-state index in [-0.39, 0.29) is 0 Å². The quantitative estimate of drug-likeness (QED) is 0.792. The van der Waals surface area contributed by atoms with Gasteiger partial charge in [-0.1, -0.05) is 18.2 Å². The number of benzene rings is 1. The zero-order valence-electron chi connectivity index (χ0n) is 7.40. The fourth-order valence-electron chi connectivity index (χ4n) is 0.974. The Labute approximate surface area is 90.6 Å². The molecule has 14 heavy (non-hydrogen) atoms. The molecule has 0 spiro atoms. The van der Waals surface area contributed by atoms with Crippen molar-refractivity contribution in [3.63, 3.8) is 0 Å². The van der Waals surface area contributed by atoms with Crippen LogP contribution in [0.15, 0.2) is 41.8 Å². The molecule has 0 saturated heterocycles. The fraction of sp³-hybridized carbons (Fsp3) is 0.111. The molecule has 1 aromatic carbocycles. The van der Waals surface area contributed by atoms with E-state index < -0.39 is 11.1 Å². The lowest BCUT2D eigenvalue weighted by atomic mass is 10.3. The Morgan fingerprint density at radius 3 is 2.93 bits per heavy atom. The number of nitrogens with one attached hydrogen (secondary N) is 1. The summed E-state index contributed by atoms with van der Waals surface area (Å²) in [5, 5.41) is 3.03. The van der Waals surface area contributed by atoms with Crippen molar-refractivity contribution in [3.05, 3.63) is 36.9 Å². The fourth-order valence-corrected chi connectivity index (χ4v) is 1.75. The molecule has 1 aromatic rings. The monoisotopic (exact) mass is 231 g/mol. The topological polar surface area (TPSA) is 38.3 Å².